The molecule has 1 amide bonds. The van der Waals surface area contributed by atoms with Gasteiger partial charge in [0.1, 0.15) is 5.75 Å². The first-order chi connectivity index (χ1) is 13.9. The first-order valence-corrected chi connectivity index (χ1v) is 8.43. The maximum atomic E-state index is 12.3. The fourth-order valence-corrected chi connectivity index (χ4v) is 2.41. The third-order valence-corrected chi connectivity index (χ3v) is 3.82. The molecule has 10 nitrogen and oxygen atoms in total. The number of nitrogens with zero attached hydrogens (tertiary/aromatic N) is 1. The third kappa shape index (κ3) is 5.58. The largest absolute Gasteiger partial charge is 0.493 e. The summed E-state index contributed by atoms with van der Waals surface area (Å²) in [5.74, 6) is 0.162. The summed E-state index contributed by atoms with van der Waals surface area (Å²) in [7, 11) is 4.33. The van der Waals surface area contributed by atoms with Crippen LogP contribution in [-0.4, -0.2) is 44.7 Å². The summed E-state index contributed by atoms with van der Waals surface area (Å²) in [6, 6.07) is 8.09. The number of non-ortho nitro benzene ring substituents is 1. The van der Waals surface area contributed by atoms with Crippen molar-refractivity contribution in [2.45, 2.75) is 6.42 Å². The number of carbonyl (C=O) groups is 2. The Balaban J connectivity index is 1.92. The van der Waals surface area contributed by atoms with E-state index in [9.17, 15) is 19.7 Å². The Morgan fingerprint density at radius 2 is 1.59 bits per heavy atom. The van der Waals surface area contributed by atoms with Gasteiger partial charge >= 0.3 is 5.97 Å². The number of hydrogen-bond donors (Lipinski definition) is 1. The molecule has 2 rings (SSSR count). The summed E-state index contributed by atoms with van der Waals surface area (Å²) in [4.78, 5) is 34.3. The van der Waals surface area contributed by atoms with Crippen molar-refractivity contribution in [2.75, 3.05) is 27.9 Å². The van der Waals surface area contributed by atoms with E-state index in [1.807, 2.05) is 0 Å². The second kappa shape index (κ2) is 9.93. The Morgan fingerprint density at radius 3 is 2.07 bits per heavy atom. The summed E-state index contributed by atoms with van der Waals surface area (Å²) in [6.07, 6.45) is -0.0901. The van der Waals surface area contributed by atoms with Crippen molar-refractivity contribution < 1.29 is 33.5 Å². The SMILES string of the molecule is COc1cc(C(=O)NCCC(=O)Oc2ccc([N+](=O)[O-])cc2)cc(OC)c1OC. The highest BCUT2D eigenvalue weighted by molar-refractivity contribution is 5.95. The fourth-order valence-electron chi connectivity index (χ4n) is 2.41. The topological polar surface area (TPSA) is 126 Å². The first-order valence-electron chi connectivity index (χ1n) is 8.43. The molecule has 29 heavy (non-hydrogen) atoms. The molecule has 1 N–H and O–H groups in total. The highest BCUT2D eigenvalue weighted by atomic mass is 16.6. The Labute approximate surface area is 166 Å². The zero-order valence-electron chi connectivity index (χ0n) is 16.1. The van der Waals surface area contributed by atoms with Gasteiger partial charge in [0.15, 0.2) is 11.5 Å². The molecule has 2 aromatic carbocycles. The van der Waals surface area contributed by atoms with Crippen molar-refractivity contribution in [3.05, 3.63) is 52.1 Å². The lowest BCUT2D eigenvalue weighted by Gasteiger charge is -2.14. The van der Waals surface area contributed by atoms with E-state index in [0.29, 0.717) is 17.2 Å². The van der Waals surface area contributed by atoms with Crippen LogP contribution in [0.5, 0.6) is 23.0 Å². The molecule has 0 aliphatic carbocycles. The highest BCUT2D eigenvalue weighted by Gasteiger charge is 2.17. The monoisotopic (exact) mass is 404 g/mol. The first kappa shape index (κ1) is 21.5. The predicted octanol–water partition coefficient (Wildman–Crippen LogP) is 2.35. The summed E-state index contributed by atoms with van der Waals surface area (Å²) < 4.78 is 20.7. The number of carbonyl (C=O) groups excluding carboxylic acids is 2. The summed E-state index contributed by atoms with van der Waals surface area (Å²) in [5.41, 5.74) is 0.158. The van der Waals surface area contributed by atoms with Gasteiger partial charge in [0.05, 0.1) is 32.7 Å². The normalized spacial score (nSPS) is 10.0. The molecule has 2 aromatic rings. The van der Waals surface area contributed by atoms with E-state index < -0.39 is 16.8 Å². The molecule has 0 fully saturated rings. The van der Waals surface area contributed by atoms with Crippen LogP contribution in [0.15, 0.2) is 36.4 Å². The molecule has 10 heteroatoms. The number of rotatable bonds is 9. The number of hydrogen-bond acceptors (Lipinski definition) is 8. The van der Waals surface area contributed by atoms with Crippen LogP contribution < -0.4 is 24.3 Å². The van der Waals surface area contributed by atoms with Crippen molar-refractivity contribution in [1.29, 1.82) is 0 Å². The summed E-state index contributed by atoms with van der Waals surface area (Å²) in [5, 5.41) is 13.2. The van der Waals surface area contributed by atoms with E-state index in [2.05, 4.69) is 5.32 Å². The van der Waals surface area contributed by atoms with E-state index in [4.69, 9.17) is 18.9 Å². The Hall–Kier alpha value is -3.82. The van der Waals surface area contributed by atoms with Gasteiger partial charge in [0, 0.05) is 24.2 Å². The lowest BCUT2D eigenvalue weighted by Crippen LogP contribution is -2.27. The quantitative estimate of drug-likeness (QED) is 0.292. The number of nitro groups is 1. The standard InChI is InChI=1S/C19H20N2O8/c1-26-15-10-12(11-16(27-2)18(15)28-3)19(23)20-9-8-17(22)29-14-6-4-13(5-7-14)21(24)25/h4-7,10-11H,8-9H2,1-3H3,(H,20,23). The van der Waals surface area contributed by atoms with E-state index >= 15 is 0 Å². The van der Waals surface area contributed by atoms with Crippen LogP contribution >= 0.6 is 0 Å². The zero-order valence-corrected chi connectivity index (χ0v) is 16.1. The fraction of sp³-hybridized carbons (Fsp3) is 0.263. The number of esters is 1. The van der Waals surface area contributed by atoms with Gasteiger partial charge < -0.3 is 24.3 Å². The van der Waals surface area contributed by atoms with Gasteiger partial charge in [-0.1, -0.05) is 0 Å². The second-order valence-corrected chi connectivity index (χ2v) is 5.64. The minimum Gasteiger partial charge on any atom is -0.493 e. The number of ether oxygens (including phenoxy) is 4. The van der Waals surface area contributed by atoms with Crippen molar-refractivity contribution in [3.63, 3.8) is 0 Å². The number of nitro benzene ring substituents is 1. The molecule has 0 aliphatic rings. The van der Waals surface area contributed by atoms with Gasteiger partial charge in [-0.2, -0.15) is 0 Å². The molecule has 0 bridgehead atoms. The number of benzene rings is 2. The summed E-state index contributed by atoms with van der Waals surface area (Å²) in [6.45, 7) is 0.0291. The average molecular weight is 404 g/mol. The van der Waals surface area contributed by atoms with Crippen LogP contribution in [0.25, 0.3) is 0 Å². The highest BCUT2D eigenvalue weighted by Crippen LogP contribution is 2.38. The Bertz CT molecular complexity index is 871. The number of amides is 1. The van der Waals surface area contributed by atoms with Gasteiger partial charge in [-0.05, 0) is 24.3 Å². The minimum absolute atomic E-state index is 0.0291. The maximum absolute atomic E-state index is 12.3. The van der Waals surface area contributed by atoms with Crippen molar-refractivity contribution in [2.24, 2.45) is 0 Å². The smallest absolute Gasteiger partial charge is 0.312 e. The van der Waals surface area contributed by atoms with Crippen molar-refractivity contribution in [3.8, 4) is 23.0 Å². The lowest BCUT2D eigenvalue weighted by molar-refractivity contribution is -0.384. The van der Waals surface area contributed by atoms with Gasteiger partial charge in [0.2, 0.25) is 5.75 Å². The van der Waals surface area contributed by atoms with Gasteiger partial charge in [0.25, 0.3) is 11.6 Å². The molecule has 0 unspecified atom stereocenters. The van der Waals surface area contributed by atoms with Crippen LogP contribution in [0, 0.1) is 10.1 Å². The molecule has 0 spiro atoms. The molecular formula is C19H20N2O8. The molecule has 0 atom stereocenters. The van der Waals surface area contributed by atoms with Crippen molar-refractivity contribution in [1.82, 2.24) is 5.32 Å². The molecule has 154 valence electrons. The van der Waals surface area contributed by atoms with Crippen LogP contribution in [0.2, 0.25) is 0 Å². The van der Waals surface area contributed by atoms with Crippen LogP contribution in [-0.2, 0) is 4.79 Å². The van der Waals surface area contributed by atoms with Gasteiger partial charge in [-0.3, -0.25) is 19.7 Å². The van der Waals surface area contributed by atoms with Crippen molar-refractivity contribution >= 4 is 17.6 Å². The maximum Gasteiger partial charge on any atom is 0.312 e. The van der Waals surface area contributed by atoms with Crippen LogP contribution in [0.1, 0.15) is 16.8 Å². The lowest BCUT2D eigenvalue weighted by atomic mass is 10.1. The molecular weight excluding hydrogens is 384 g/mol. The number of methoxy groups -OCH3 is 3. The second-order valence-electron chi connectivity index (χ2n) is 5.64. The molecule has 0 saturated heterocycles. The van der Waals surface area contributed by atoms with Crippen LogP contribution in [0.3, 0.4) is 0 Å². The predicted molar refractivity (Wildman–Crippen MR) is 102 cm³/mol. The third-order valence-electron chi connectivity index (χ3n) is 3.82. The molecule has 0 heterocycles. The minimum atomic E-state index is -0.593. The molecule has 0 saturated carbocycles. The molecule has 0 radical (unpaired) electrons. The molecule has 0 aromatic heterocycles. The van der Waals surface area contributed by atoms with Gasteiger partial charge in [-0.25, -0.2) is 0 Å². The zero-order chi connectivity index (χ0) is 21.4. The summed E-state index contributed by atoms with van der Waals surface area (Å²) >= 11 is 0. The van der Waals surface area contributed by atoms with E-state index in [-0.39, 0.29) is 30.0 Å². The average Bonchev–Trinajstić information content (AvgIpc) is 2.72. The van der Waals surface area contributed by atoms with E-state index in [0.717, 1.165) is 0 Å². The Morgan fingerprint density at radius 1 is 1.00 bits per heavy atom. The van der Waals surface area contributed by atoms with E-state index in [1.165, 1.54) is 57.7 Å². The van der Waals surface area contributed by atoms with E-state index in [1.54, 1.807) is 0 Å². The van der Waals surface area contributed by atoms with Gasteiger partial charge in [-0.15, -0.1) is 0 Å². The Kier molecular flexibility index (Phi) is 7.35. The van der Waals surface area contributed by atoms with Crippen LogP contribution in [0.4, 0.5) is 5.69 Å². The molecule has 0 aliphatic heterocycles. The number of nitrogens with one attached hydrogen (secondary N) is 1.